The largest absolute Gasteiger partial charge is 0.492 e. The van der Waals surface area contributed by atoms with Gasteiger partial charge in [-0.2, -0.15) is 5.10 Å². The van der Waals surface area contributed by atoms with E-state index in [0.717, 1.165) is 65.1 Å². The van der Waals surface area contributed by atoms with E-state index in [0.29, 0.717) is 24.3 Å². The minimum absolute atomic E-state index is 0.0306. The maximum absolute atomic E-state index is 12.7. The van der Waals surface area contributed by atoms with Crippen molar-refractivity contribution in [2.45, 2.75) is 19.8 Å². The molecule has 0 atom stereocenters. The first-order valence-electron chi connectivity index (χ1n) is 13.3. The van der Waals surface area contributed by atoms with Crippen LogP contribution in [0.3, 0.4) is 0 Å². The van der Waals surface area contributed by atoms with E-state index < -0.39 is 5.97 Å². The molecule has 202 valence electrons. The van der Waals surface area contributed by atoms with Crippen molar-refractivity contribution in [3.05, 3.63) is 89.6 Å². The van der Waals surface area contributed by atoms with Crippen molar-refractivity contribution in [3.8, 4) is 38.6 Å². The number of Topliss-reactive ketones (excluding diaryl/α,β-unsaturated/α-hetero) is 1. The maximum Gasteiger partial charge on any atom is 0.307 e. The minimum Gasteiger partial charge on any atom is -0.492 e. The molecule has 0 amide bonds. The summed E-state index contributed by atoms with van der Waals surface area (Å²) in [5.41, 5.74) is 8.74. The van der Waals surface area contributed by atoms with Crippen molar-refractivity contribution >= 4 is 44.2 Å². The van der Waals surface area contributed by atoms with Crippen LogP contribution in [0.5, 0.6) is 5.75 Å². The van der Waals surface area contributed by atoms with Gasteiger partial charge >= 0.3 is 5.97 Å². The van der Waals surface area contributed by atoms with Gasteiger partial charge in [-0.1, -0.05) is 30.3 Å². The van der Waals surface area contributed by atoms with Crippen LogP contribution in [0, 0.1) is 6.92 Å². The fourth-order valence-electron chi connectivity index (χ4n) is 5.64. The Bertz CT molecular complexity index is 2040. The summed E-state index contributed by atoms with van der Waals surface area (Å²) in [4.78, 5) is 29.6. The number of ketones is 1. The highest BCUT2D eigenvalue weighted by molar-refractivity contribution is 7.22. The van der Waals surface area contributed by atoms with Gasteiger partial charge in [0.25, 0.3) is 0 Å². The van der Waals surface area contributed by atoms with Gasteiger partial charge in [-0.15, -0.1) is 11.3 Å². The molecule has 41 heavy (non-hydrogen) atoms. The number of hydrogen-bond donors (Lipinski definition) is 1. The van der Waals surface area contributed by atoms with Crippen LogP contribution in [0.25, 0.3) is 53.9 Å². The van der Waals surface area contributed by atoms with Gasteiger partial charge in [-0.05, 0) is 71.1 Å². The number of carboxylic acid groups (broad SMARTS) is 1. The molecule has 6 aromatic rings. The van der Waals surface area contributed by atoms with E-state index >= 15 is 0 Å². The minimum atomic E-state index is -0.908. The number of nitrogens with zero attached hydrogens (tertiary/aromatic N) is 3. The summed E-state index contributed by atoms with van der Waals surface area (Å²) in [6, 6.07) is 22.1. The number of carboxylic acids is 1. The number of hydrogen-bond acceptors (Lipinski definition) is 6. The topological polar surface area (TPSA) is 94.3 Å². The van der Waals surface area contributed by atoms with E-state index in [1.54, 1.807) is 0 Å². The quantitative estimate of drug-likeness (QED) is 0.242. The van der Waals surface area contributed by atoms with Crippen LogP contribution in [0.15, 0.2) is 72.9 Å². The molecule has 0 bridgehead atoms. The summed E-state index contributed by atoms with van der Waals surface area (Å²) in [5, 5.41) is 16.0. The molecule has 1 aliphatic heterocycles. The summed E-state index contributed by atoms with van der Waals surface area (Å²) < 4.78 is 8.45. The Morgan fingerprint density at radius 2 is 1.83 bits per heavy atom. The molecule has 0 aliphatic carbocycles. The lowest BCUT2D eigenvalue weighted by Gasteiger charge is -2.18. The third kappa shape index (κ3) is 4.37. The predicted octanol–water partition coefficient (Wildman–Crippen LogP) is 7.08. The van der Waals surface area contributed by atoms with Crippen molar-refractivity contribution in [3.63, 3.8) is 0 Å². The molecule has 0 unspecified atom stereocenters. The highest BCUT2D eigenvalue weighted by atomic mass is 32.1. The Morgan fingerprint density at radius 3 is 2.68 bits per heavy atom. The molecule has 1 N–H and O–H groups in total. The summed E-state index contributed by atoms with van der Waals surface area (Å²) >= 11 is 1.54. The van der Waals surface area contributed by atoms with E-state index in [1.807, 2.05) is 61.2 Å². The number of aryl methyl sites for hydroxylation is 2. The molecule has 0 fully saturated rings. The molecule has 8 heteroatoms. The number of ether oxygens (including phenoxy) is 1. The molecule has 1 aliphatic rings. The van der Waals surface area contributed by atoms with Crippen molar-refractivity contribution < 1.29 is 19.4 Å². The van der Waals surface area contributed by atoms with Crippen LogP contribution in [0.4, 0.5) is 0 Å². The number of thiazole rings is 1. The number of carbonyl (C=O) groups is 2. The van der Waals surface area contributed by atoms with Crippen molar-refractivity contribution in [1.29, 1.82) is 0 Å². The van der Waals surface area contributed by atoms with E-state index in [4.69, 9.17) is 9.72 Å². The van der Waals surface area contributed by atoms with Crippen molar-refractivity contribution in [2.75, 3.05) is 6.61 Å². The molecule has 7 nitrogen and oxygen atoms in total. The van der Waals surface area contributed by atoms with Crippen LogP contribution in [0.2, 0.25) is 0 Å². The highest BCUT2D eigenvalue weighted by Crippen LogP contribution is 2.42. The van der Waals surface area contributed by atoms with E-state index in [-0.39, 0.29) is 12.2 Å². The fraction of sp³-hybridized carbons (Fsp3) is 0.152. The zero-order valence-corrected chi connectivity index (χ0v) is 23.3. The molecular formula is C33H25N3O4S. The molecule has 3 heterocycles. The number of rotatable bonds is 5. The normalized spacial score (nSPS) is 13.0. The number of fused-ring (bicyclic) bond motifs is 3. The number of aliphatic carboxylic acids is 1. The average molecular weight is 560 g/mol. The standard InChI is InChI=1S/C33H25N3O4S/c1-18-12-26-32(31(24(18)16-30(38)39)21-7-9-29-25(15-21)28(37)10-11-40-29)41-33(35-26)22-5-3-4-19(13-22)20-6-8-27-23(14-20)17-34-36(27)2/h3-9,12-15,17H,10-11,16H2,1-2H3,(H,38,39). The third-order valence-electron chi connectivity index (χ3n) is 7.68. The van der Waals surface area contributed by atoms with E-state index in [2.05, 4.69) is 35.4 Å². The second-order valence-corrected chi connectivity index (χ2v) is 11.3. The second-order valence-electron chi connectivity index (χ2n) is 10.3. The highest BCUT2D eigenvalue weighted by Gasteiger charge is 2.23. The maximum atomic E-state index is 12.7. The van der Waals surface area contributed by atoms with Crippen molar-refractivity contribution in [1.82, 2.24) is 14.8 Å². The van der Waals surface area contributed by atoms with Gasteiger partial charge in [0.05, 0.1) is 40.5 Å². The van der Waals surface area contributed by atoms with Gasteiger partial charge in [-0.3, -0.25) is 14.3 Å². The Labute approximate surface area is 239 Å². The van der Waals surface area contributed by atoms with Crippen LogP contribution in [-0.4, -0.2) is 38.2 Å². The van der Waals surface area contributed by atoms with Gasteiger partial charge in [0, 0.05) is 30.0 Å². The fourth-order valence-corrected chi connectivity index (χ4v) is 6.77. The predicted molar refractivity (Wildman–Crippen MR) is 161 cm³/mol. The van der Waals surface area contributed by atoms with Gasteiger partial charge in [-0.25, -0.2) is 4.98 Å². The lowest BCUT2D eigenvalue weighted by molar-refractivity contribution is -0.136. The number of benzene rings is 4. The molecule has 0 spiro atoms. The summed E-state index contributed by atoms with van der Waals surface area (Å²) in [5.74, 6) is -0.308. The van der Waals surface area contributed by atoms with Crippen LogP contribution < -0.4 is 4.74 Å². The molecule has 0 saturated heterocycles. The summed E-state index contributed by atoms with van der Waals surface area (Å²) in [6.45, 7) is 2.29. The SMILES string of the molecule is Cc1cc2nc(-c3cccc(-c4ccc5c(cnn5C)c4)c3)sc2c(-c2ccc3c(c2)C(=O)CCO3)c1CC(=O)O. The summed E-state index contributed by atoms with van der Waals surface area (Å²) in [6.07, 6.45) is 2.07. The zero-order valence-electron chi connectivity index (χ0n) is 22.5. The molecular weight excluding hydrogens is 534 g/mol. The third-order valence-corrected chi connectivity index (χ3v) is 8.82. The van der Waals surface area contributed by atoms with Gasteiger partial charge in [0.1, 0.15) is 10.8 Å². The smallest absolute Gasteiger partial charge is 0.307 e. The van der Waals surface area contributed by atoms with Crippen molar-refractivity contribution in [2.24, 2.45) is 7.05 Å². The number of aromatic nitrogens is 3. The van der Waals surface area contributed by atoms with E-state index in [1.165, 1.54) is 11.3 Å². The van der Waals surface area contributed by atoms with Gasteiger partial charge < -0.3 is 9.84 Å². The van der Waals surface area contributed by atoms with Gasteiger partial charge in [0.15, 0.2) is 5.78 Å². The second kappa shape index (κ2) is 9.67. The molecule has 2 aromatic heterocycles. The molecule has 0 saturated carbocycles. The van der Waals surface area contributed by atoms with Crippen LogP contribution in [-0.2, 0) is 18.3 Å². The Kier molecular flexibility index (Phi) is 5.94. The Morgan fingerprint density at radius 1 is 1.02 bits per heavy atom. The monoisotopic (exact) mass is 559 g/mol. The van der Waals surface area contributed by atoms with Gasteiger partial charge in [0.2, 0.25) is 0 Å². The lowest BCUT2D eigenvalue weighted by atomic mass is 9.91. The van der Waals surface area contributed by atoms with Crippen LogP contribution >= 0.6 is 11.3 Å². The summed E-state index contributed by atoms with van der Waals surface area (Å²) in [7, 11) is 1.93. The van der Waals surface area contributed by atoms with E-state index in [9.17, 15) is 14.7 Å². The molecule has 4 aromatic carbocycles. The lowest BCUT2D eigenvalue weighted by Crippen LogP contribution is -2.15. The Balaban J connectivity index is 1.38. The Hall–Kier alpha value is -4.82. The first-order chi connectivity index (χ1) is 19.9. The first kappa shape index (κ1) is 25.2. The first-order valence-corrected chi connectivity index (χ1v) is 14.1. The average Bonchev–Trinajstić information content (AvgIpc) is 3.56. The number of carbonyl (C=O) groups excluding carboxylic acids is 1. The molecule has 7 rings (SSSR count). The molecule has 0 radical (unpaired) electrons. The zero-order chi connectivity index (χ0) is 28.2. The van der Waals surface area contributed by atoms with Crippen LogP contribution in [0.1, 0.15) is 27.9 Å².